The standard InChI is InChI=1S/C16H9ClF3NO/c17-11-4-1-9(2-5-11)7-13-12-6-3-10(16(18,19)20)8-14(12)21-15(13)22/h1-8H,(H,21,22)/b13-7-. The Morgan fingerprint density at radius 1 is 1.05 bits per heavy atom. The highest BCUT2D eigenvalue weighted by Crippen LogP contribution is 2.38. The van der Waals surface area contributed by atoms with Crippen LogP contribution in [0.5, 0.6) is 0 Å². The molecule has 1 aliphatic heterocycles. The van der Waals surface area contributed by atoms with Gasteiger partial charge < -0.3 is 5.32 Å². The molecule has 0 aliphatic carbocycles. The summed E-state index contributed by atoms with van der Waals surface area (Å²) in [6.07, 6.45) is -2.83. The number of benzene rings is 2. The predicted molar refractivity (Wildman–Crippen MR) is 79.4 cm³/mol. The van der Waals surface area contributed by atoms with Crippen molar-refractivity contribution in [2.45, 2.75) is 6.18 Å². The number of anilines is 1. The summed E-state index contributed by atoms with van der Waals surface area (Å²) in [5.41, 5.74) is 0.889. The topological polar surface area (TPSA) is 29.1 Å². The Morgan fingerprint density at radius 3 is 2.36 bits per heavy atom. The molecule has 2 aromatic carbocycles. The number of carbonyl (C=O) groups is 1. The molecule has 0 radical (unpaired) electrons. The Kier molecular flexibility index (Phi) is 3.45. The number of amides is 1. The number of alkyl halides is 3. The summed E-state index contributed by atoms with van der Waals surface area (Å²) < 4.78 is 38.1. The summed E-state index contributed by atoms with van der Waals surface area (Å²) in [6.45, 7) is 0. The van der Waals surface area contributed by atoms with E-state index in [0.29, 0.717) is 16.2 Å². The van der Waals surface area contributed by atoms with E-state index in [1.165, 1.54) is 6.07 Å². The maximum absolute atomic E-state index is 12.7. The quantitative estimate of drug-likeness (QED) is 0.747. The third-order valence-electron chi connectivity index (χ3n) is 3.31. The minimum atomic E-state index is -4.44. The third-order valence-corrected chi connectivity index (χ3v) is 3.56. The van der Waals surface area contributed by atoms with Crippen LogP contribution in [0.15, 0.2) is 42.5 Å². The lowest BCUT2D eigenvalue weighted by atomic mass is 10.0. The largest absolute Gasteiger partial charge is 0.416 e. The van der Waals surface area contributed by atoms with Gasteiger partial charge in [0, 0.05) is 21.8 Å². The Morgan fingerprint density at radius 2 is 1.73 bits per heavy atom. The van der Waals surface area contributed by atoms with Gasteiger partial charge >= 0.3 is 6.18 Å². The summed E-state index contributed by atoms with van der Waals surface area (Å²) in [5, 5.41) is 3.02. The van der Waals surface area contributed by atoms with Gasteiger partial charge in [0.25, 0.3) is 5.91 Å². The first-order valence-electron chi connectivity index (χ1n) is 6.35. The molecule has 0 atom stereocenters. The van der Waals surface area contributed by atoms with Crippen LogP contribution in [0.1, 0.15) is 16.7 Å². The molecule has 1 aliphatic rings. The van der Waals surface area contributed by atoms with Crippen molar-refractivity contribution in [1.82, 2.24) is 0 Å². The van der Waals surface area contributed by atoms with Crippen LogP contribution in [0, 0.1) is 0 Å². The van der Waals surface area contributed by atoms with E-state index >= 15 is 0 Å². The number of hydrogen-bond acceptors (Lipinski definition) is 1. The number of fused-ring (bicyclic) bond motifs is 1. The molecular weight excluding hydrogens is 315 g/mol. The molecule has 3 rings (SSSR count). The summed E-state index contributed by atoms with van der Waals surface area (Å²) in [6, 6.07) is 10.0. The SMILES string of the molecule is O=C1Nc2cc(C(F)(F)F)ccc2/C1=C/c1ccc(Cl)cc1. The molecule has 1 N–H and O–H groups in total. The van der Waals surface area contributed by atoms with Crippen molar-refractivity contribution >= 4 is 34.8 Å². The lowest BCUT2D eigenvalue weighted by molar-refractivity contribution is -0.137. The molecular formula is C16H9ClF3NO. The van der Waals surface area contributed by atoms with Gasteiger partial charge in [-0.1, -0.05) is 29.8 Å². The van der Waals surface area contributed by atoms with Gasteiger partial charge in [-0.15, -0.1) is 0 Å². The number of halogens is 4. The molecule has 6 heteroatoms. The van der Waals surface area contributed by atoms with E-state index in [9.17, 15) is 18.0 Å². The fourth-order valence-corrected chi connectivity index (χ4v) is 2.37. The van der Waals surface area contributed by atoms with Gasteiger partial charge in [0.05, 0.1) is 5.56 Å². The van der Waals surface area contributed by atoms with E-state index in [1.54, 1.807) is 30.3 Å². The average Bonchev–Trinajstić information content (AvgIpc) is 2.76. The van der Waals surface area contributed by atoms with Crippen molar-refractivity contribution < 1.29 is 18.0 Å². The van der Waals surface area contributed by atoms with Crippen LogP contribution < -0.4 is 5.32 Å². The number of nitrogens with one attached hydrogen (secondary N) is 1. The van der Waals surface area contributed by atoms with Crippen LogP contribution in [-0.2, 0) is 11.0 Å². The smallest absolute Gasteiger partial charge is 0.321 e. The Labute approximate surface area is 129 Å². The minimum Gasteiger partial charge on any atom is -0.321 e. The van der Waals surface area contributed by atoms with E-state index in [-0.39, 0.29) is 5.69 Å². The van der Waals surface area contributed by atoms with Crippen LogP contribution in [0.4, 0.5) is 18.9 Å². The van der Waals surface area contributed by atoms with Crippen molar-refractivity contribution in [3.63, 3.8) is 0 Å². The highest BCUT2D eigenvalue weighted by atomic mass is 35.5. The van der Waals surface area contributed by atoms with E-state index in [2.05, 4.69) is 5.32 Å². The fraction of sp³-hybridized carbons (Fsp3) is 0.0625. The molecule has 0 spiro atoms. The highest BCUT2D eigenvalue weighted by Gasteiger charge is 2.33. The molecule has 0 unspecified atom stereocenters. The average molecular weight is 324 g/mol. The van der Waals surface area contributed by atoms with Crippen molar-refractivity contribution in [2.24, 2.45) is 0 Å². The summed E-state index contributed by atoms with van der Waals surface area (Å²) in [4.78, 5) is 12.0. The van der Waals surface area contributed by atoms with Crippen molar-refractivity contribution in [3.8, 4) is 0 Å². The maximum atomic E-state index is 12.7. The van der Waals surface area contributed by atoms with Gasteiger partial charge in [0.15, 0.2) is 0 Å². The van der Waals surface area contributed by atoms with Gasteiger partial charge in [-0.05, 0) is 35.9 Å². The van der Waals surface area contributed by atoms with Crippen molar-refractivity contribution in [1.29, 1.82) is 0 Å². The zero-order valence-electron chi connectivity index (χ0n) is 11.0. The second-order valence-corrected chi connectivity index (χ2v) is 5.26. The van der Waals surface area contributed by atoms with Crippen LogP contribution in [0.25, 0.3) is 11.6 Å². The van der Waals surface area contributed by atoms with E-state index < -0.39 is 17.6 Å². The minimum absolute atomic E-state index is 0.167. The first kappa shape index (κ1) is 14.7. The lowest BCUT2D eigenvalue weighted by Gasteiger charge is -2.08. The second kappa shape index (κ2) is 5.18. The first-order valence-corrected chi connectivity index (χ1v) is 6.72. The molecule has 0 aromatic heterocycles. The molecule has 0 saturated carbocycles. The predicted octanol–water partition coefficient (Wildman–Crippen LogP) is 4.85. The maximum Gasteiger partial charge on any atom is 0.416 e. The molecule has 2 aromatic rings. The molecule has 0 fully saturated rings. The first-order chi connectivity index (χ1) is 10.3. The van der Waals surface area contributed by atoms with E-state index in [0.717, 1.165) is 17.7 Å². The molecule has 112 valence electrons. The van der Waals surface area contributed by atoms with Crippen LogP contribution in [0.3, 0.4) is 0 Å². The van der Waals surface area contributed by atoms with Crippen molar-refractivity contribution in [3.05, 3.63) is 64.2 Å². The van der Waals surface area contributed by atoms with E-state index in [1.807, 2.05) is 0 Å². The Bertz CT molecular complexity index is 779. The molecule has 22 heavy (non-hydrogen) atoms. The zero-order chi connectivity index (χ0) is 15.9. The fourth-order valence-electron chi connectivity index (χ4n) is 2.24. The second-order valence-electron chi connectivity index (χ2n) is 4.82. The highest BCUT2D eigenvalue weighted by molar-refractivity contribution is 6.35. The summed E-state index contributed by atoms with van der Waals surface area (Å²) in [7, 11) is 0. The molecule has 1 amide bonds. The third kappa shape index (κ3) is 2.72. The molecule has 2 nitrogen and oxygen atoms in total. The van der Waals surface area contributed by atoms with Gasteiger partial charge in [-0.2, -0.15) is 13.2 Å². The lowest BCUT2D eigenvalue weighted by Crippen LogP contribution is -2.06. The van der Waals surface area contributed by atoms with Crippen molar-refractivity contribution in [2.75, 3.05) is 5.32 Å². The zero-order valence-corrected chi connectivity index (χ0v) is 11.8. The number of hydrogen-bond donors (Lipinski definition) is 1. The Balaban J connectivity index is 2.03. The molecule has 0 saturated heterocycles. The number of carbonyl (C=O) groups excluding carboxylic acids is 1. The van der Waals surface area contributed by atoms with Crippen LogP contribution in [0.2, 0.25) is 5.02 Å². The summed E-state index contributed by atoms with van der Waals surface area (Å²) in [5.74, 6) is -0.427. The van der Waals surface area contributed by atoms with Gasteiger partial charge in [-0.25, -0.2) is 0 Å². The molecule has 1 heterocycles. The van der Waals surface area contributed by atoms with Gasteiger partial charge in [0.1, 0.15) is 0 Å². The number of rotatable bonds is 1. The normalized spacial score (nSPS) is 15.8. The molecule has 0 bridgehead atoms. The Hall–Kier alpha value is -2.27. The summed E-state index contributed by atoms with van der Waals surface area (Å²) >= 11 is 5.79. The van der Waals surface area contributed by atoms with E-state index in [4.69, 9.17) is 11.6 Å². The van der Waals surface area contributed by atoms with Crippen LogP contribution in [-0.4, -0.2) is 5.91 Å². The van der Waals surface area contributed by atoms with Gasteiger partial charge in [0.2, 0.25) is 0 Å². The monoisotopic (exact) mass is 323 g/mol. The van der Waals surface area contributed by atoms with Crippen LogP contribution >= 0.6 is 11.6 Å². The van der Waals surface area contributed by atoms with Gasteiger partial charge in [-0.3, -0.25) is 4.79 Å².